The van der Waals surface area contributed by atoms with E-state index in [1.54, 1.807) is 19.1 Å². The lowest BCUT2D eigenvalue weighted by Gasteiger charge is -2.23. The van der Waals surface area contributed by atoms with E-state index in [-0.39, 0.29) is 18.3 Å². The third-order valence-electron chi connectivity index (χ3n) is 4.23. The van der Waals surface area contributed by atoms with Gasteiger partial charge in [0.15, 0.2) is 0 Å². The molecule has 0 bridgehead atoms. The average molecular weight is 377 g/mol. The fourth-order valence-corrected chi connectivity index (χ4v) is 2.83. The van der Waals surface area contributed by atoms with E-state index in [1.165, 1.54) is 7.11 Å². The maximum Gasteiger partial charge on any atom is 0.307 e. The van der Waals surface area contributed by atoms with Crippen LogP contribution in [0.3, 0.4) is 0 Å². The second kappa shape index (κ2) is 8.55. The summed E-state index contributed by atoms with van der Waals surface area (Å²) < 4.78 is 5.25. The van der Waals surface area contributed by atoms with E-state index in [9.17, 15) is 9.59 Å². The van der Waals surface area contributed by atoms with Crippen molar-refractivity contribution in [3.8, 4) is 5.75 Å². The number of anilines is 1. The van der Waals surface area contributed by atoms with Gasteiger partial charge in [-0.25, -0.2) is 0 Å². The first-order chi connectivity index (χ1) is 10.8. The van der Waals surface area contributed by atoms with Gasteiger partial charge in [0.1, 0.15) is 5.75 Å². The Hall–Kier alpha value is -1.50. The van der Waals surface area contributed by atoms with Gasteiger partial charge in [-0.05, 0) is 38.4 Å². The van der Waals surface area contributed by atoms with Crippen LogP contribution in [0.1, 0.15) is 18.9 Å². The Bertz CT molecular complexity index is 624. The summed E-state index contributed by atoms with van der Waals surface area (Å²) in [5, 5.41) is 12.5. The average Bonchev–Trinajstić information content (AvgIpc) is 2.99. The number of carbonyl (C=O) groups excluding carboxylic acids is 1. The molecule has 1 aliphatic rings. The molecule has 1 saturated heterocycles. The van der Waals surface area contributed by atoms with Crippen molar-refractivity contribution < 1.29 is 19.4 Å². The van der Waals surface area contributed by atoms with Crippen LogP contribution in [0.5, 0.6) is 5.75 Å². The third-order valence-corrected chi connectivity index (χ3v) is 4.64. The molecule has 24 heavy (non-hydrogen) atoms. The summed E-state index contributed by atoms with van der Waals surface area (Å²) in [6, 6.07) is 3.00. The van der Waals surface area contributed by atoms with E-state index in [4.69, 9.17) is 21.4 Å². The summed E-state index contributed by atoms with van der Waals surface area (Å²) in [7, 11) is 1.51. The zero-order valence-electron chi connectivity index (χ0n) is 13.8. The van der Waals surface area contributed by atoms with Crippen molar-refractivity contribution in [3.05, 3.63) is 22.7 Å². The third kappa shape index (κ3) is 4.53. The quantitative estimate of drug-likeness (QED) is 0.825. The van der Waals surface area contributed by atoms with Gasteiger partial charge in [-0.3, -0.25) is 14.5 Å². The maximum atomic E-state index is 12.5. The Morgan fingerprint density at radius 2 is 2.12 bits per heavy atom. The molecule has 1 aromatic carbocycles. The number of carboxylic acids is 1. The monoisotopic (exact) mass is 376 g/mol. The lowest BCUT2D eigenvalue weighted by atomic mass is 10.1. The van der Waals surface area contributed by atoms with E-state index in [2.05, 4.69) is 5.32 Å². The smallest absolute Gasteiger partial charge is 0.307 e. The first-order valence-electron chi connectivity index (χ1n) is 7.45. The van der Waals surface area contributed by atoms with E-state index in [0.717, 1.165) is 5.56 Å². The largest absolute Gasteiger partial charge is 0.495 e. The Balaban J connectivity index is 0.00000288. The molecule has 6 nitrogen and oxygen atoms in total. The van der Waals surface area contributed by atoms with Crippen LogP contribution in [-0.2, 0) is 9.59 Å². The number of hydrogen-bond donors (Lipinski definition) is 2. The predicted octanol–water partition coefficient (Wildman–Crippen LogP) is 2.81. The number of aryl methyl sites for hydroxylation is 1. The Morgan fingerprint density at radius 1 is 1.46 bits per heavy atom. The van der Waals surface area contributed by atoms with Gasteiger partial charge in [0.05, 0.1) is 24.8 Å². The second-order valence-electron chi connectivity index (χ2n) is 5.79. The van der Waals surface area contributed by atoms with Crippen molar-refractivity contribution in [3.63, 3.8) is 0 Å². The van der Waals surface area contributed by atoms with Gasteiger partial charge < -0.3 is 15.2 Å². The minimum Gasteiger partial charge on any atom is -0.495 e. The highest BCUT2D eigenvalue weighted by Crippen LogP contribution is 2.31. The molecule has 0 spiro atoms. The van der Waals surface area contributed by atoms with Crippen LogP contribution in [0.25, 0.3) is 0 Å². The zero-order valence-corrected chi connectivity index (χ0v) is 15.4. The Labute approximate surface area is 152 Å². The summed E-state index contributed by atoms with van der Waals surface area (Å²) in [4.78, 5) is 25.4. The van der Waals surface area contributed by atoms with Gasteiger partial charge >= 0.3 is 5.97 Å². The molecule has 1 aromatic rings. The molecule has 1 heterocycles. The molecule has 2 unspecified atom stereocenters. The second-order valence-corrected chi connectivity index (χ2v) is 6.19. The van der Waals surface area contributed by atoms with E-state index in [0.29, 0.717) is 36.0 Å². The molecule has 1 aliphatic heterocycles. The number of rotatable bonds is 5. The number of hydrogen-bond acceptors (Lipinski definition) is 4. The van der Waals surface area contributed by atoms with Crippen molar-refractivity contribution in [2.24, 2.45) is 5.92 Å². The fraction of sp³-hybridized carbons (Fsp3) is 0.500. The van der Waals surface area contributed by atoms with Crippen molar-refractivity contribution in [2.75, 3.05) is 25.5 Å². The summed E-state index contributed by atoms with van der Waals surface area (Å²) in [6.07, 6.45) is 0.566. The Kier molecular flexibility index (Phi) is 7.32. The molecule has 0 aromatic heterocycles. The standard InChI is InChI=1S/C16H21ClN2O4.ClH/c1-9-6-13(14(23-3)7-12(9)17)18-15(20)10(2)19-5-4-11(8-19)16(21)22;/h6-7,10-11H,4-5,8H2,1-3H3,(H,18,20)(H,21,22);1H. The van der Waals surface area contributed by atoms with Gasteiger partial charge in [-0.2, -0.15) is 0 Å². The van der Waals surface area contributed by atoms with Crippen LogP contribution in [0.4, 0.5) is 5.69 Å². The molecular formula is C16H22Cl2N2O4. The van der Waals surface area contributed by atoms with Gasteiger partial charge in [-0.1, -0.05) is 11.6 Å². The molecular weight excluding hydrogens is 355 g/mol. The number of ether oxygens (including phenoxy) is 1. The molecule has 2 atom stereocenters. The molecule has 134 valence electrons. The number of likely N-dealkylation sites (tertiary alicyclic amines) is 1. The minimum atomic E-state index is -0.810. The summed E-state index contributed by atoms with van der Waals surface area (Å²) >= 11 is 6.06. The number of nitrogens with zero attached hydrogens (tertiary/aromatic N) is 1. The highest BCUT2D eigenvalue weighted by Gasteiger charge is 2.33. The number of benzene rings is 1. The fourth-order valence-electron chi connectivity index (χ4n) is 2.67. The normalized spacial score (nSPS) is 18.6. The summed E-state index contributed by atoms with van der Waals surface area (Å²) in [5.41, 5.74) is 1.39. The van der Waals surface area contributed by atoms with E-state index >= 15 is 0 Å². The van der Waals surface area contributed by atoms with Crippen molar-refractivity contribution >= 4 is 41.6 Å². The molecule has 8 heteroatoms. The van der Waals surface area contributed by atoms with Crippen LogP contribution in [0, 0.1) is 12.8 Å². The number of halogens is 2. The highest BCUT2D eigenvalue weighted by molar-refractivity contribution is 6.31. The van der Waals surface area contributed by atoms with Crippen LogP contribution < -0.4 is 10.1 Å². The number of carboxylic acid groups (broad SMARTS) is 1. The van der Waals surface area contributed by atoms with Crippen LogP contribution in [0.15, 0.2) is 12.1 Å². The molecule has 1 fully saturated rings. The molecule has 1 amide bonds. The SMILES string of the molecule is COc1cc(Cl)c(C)cc1NC(=O)C(C)N1CCC(C(=O)O)C1.Cl. The van der Waals surface area contributed by atoms with Gasteiger partial charge in [0.2, 0.25) is 5.91 Å². The van der Waals surface area contributed by atoms with Crippen molar-refractivity contribution in [2.45, 2.75) is 26.3 Å². The van der Waals surface area contributed by atoms with Gasteiger partial charge in [0.25, 0.3) is 0 Å². The number of nitrogens with one attached hydrogen (secondary N) is 1. The van der Waals surface area contributed by atoms with Gasteiger partial charge in [0, 0.05) is 17.6 Å². The maximum absolute atomic E-state index is 12.5. The number of aliphatic carboxylic acids is 1. The zero-order chi connectivity index (χ0) is 17.1. The van der Waals surface area contributed by atoms with Crippen LogP contribution in [-0.4, -0.2) is 48.1 Å². The molecule has 2 N–H and O–H groups in total. The highest BCUT2D eigenvalue weighted by atomic mass is 35.5. The molecule has 0 radical (unpaired) electrons. The number of methoxy groups -OCH3 is 1. The molecule has 2 rings (SSSR count). The van der Waals surface area contributed by atoms with Crippen molar-refractivity contribution in [1.29, 1.82) is 0 Å². The summed E-state index contributed by atoms with van der Waals surface area (Å²) in [5.74, 6) is -0.922. The lowest BCUT2D eigenvalue weighted by Crippen LogP contribution is -2.41. The van der Waals surface area contributed by atoms with Crippen molar-refractivity contribution in [1.82, 2.24) is 4.90 Å². The predicted molar refractivity (Wildman–Crippen MR) is 95.4 cm³/mol. The minimum absolute atomic E-state index is 0. The first kappa shape index (κ1) is 20.5. The molecule has 0 aliphatic carbocycles. The first-order valence-corrected chi connectivity index (χ1v) is 7.83. The van der Waals surface area contributed by atoms with Gasteiger partial charge in [-0.15, -0.1) is 12.4 Å². The van der Waals surface area contributed by atoms with Crippen LogP contribution >= 0.6 is 24.0 Å². The molecule has 0 saturated carbocycles. The topological polar surface area (TPSA) is 78.9 Å². The number of carbonyl (C=O) groups is 2. The van der Waals surface area contributed by atoms with E-state index < -0.39 is 17.9 Å². The summed E-state index contributed by atoms with van der Waals surface area (Å²) in [6.45, 7) is 4.61. The van der Waals surface area contributed by atoms with E-state index in [1.807, 2.05) is 11.8 Å². The van der Waals surface area contributed by atoms with Crippen LogP contribution in [0.2, 0.25) is 5.02 Å². The lowest BCUT2D eigenvalue weighted by molar-refractivity contribution is -0.141. The number of amides is 1. The Morgan fingerprint density at radius 3 is 2.67 bits per heavy atom.